The van der Waals surface area contributed by atoms with Crippen molar-refractivity contribution in [2.45, 2.75) is 89.8 Å². The molecule has 0 aliphatic carbocycles. The molecule has 0 bridgehead atoms. The van der Waals surface area contributed by atoms with Crippen molar-refractivity contribution in [3.05, 3.63) is 71.8 Å². The summed E-state index contributed by atoms with van der Waals surface area (Å²) in [5, 5.41) is 32.0. The predicted octanol–water partition coefficient (Wildman–Crippen LogP) is 3.81. The lowest BCUT2D eigenvalue weighted by molar-refractivity contribution is -0.157. The second-order valence-corrected chi connectivity index (χ2v) is 10.2. The maximum Gasteiger partial charge on any atom is 0.309 e. The molecule has 1 aromatic carbocycles. The fourth-order valence-electron chi connectivity index (χ4n) is 4.20. The van der Waals surface area contributed by atoms with Gasteiger partial charge >= 0.3 is 11.9 Å². The van der Waals surface area contributed by atoms with E-state index in [1.807, 2.05) is 44.2 Å². The number of rotatable bonds is 6. The van der Waals surface area contributed by atoms with Crippen LogP contribution in [0, 0.1) is 5.92 Å². The van der Waals surface area contributed by atoms with E-state index in [-0.39, 0.29) is 25.2 Å². The van der Waals surface area contributed by atoms with Crippen molar-refractivity contribution < 1.29 is 34.4 Å². The molecular weight excluding hydrogens is 460 g/mol. The monoisotopic (exact) mass is 500 g/mol. The van der Waals surface area contributed by atoms with Gasteiger partial charge in [-0.05, 0) is 50.8 Å². The summed E-state index contributed by atoms with van der Waals surface area (Å²) in [7, 11) is 0. The fourth-order valence-corrected chi connectivity index (χ4v) is 4.20. The van der Waals surface area contributed by atoms with Crippen LogP contribution in [0.4, 0.5) is 0 Å². The predicted molar refractivity (Wildman–Crippen MR) is 138 cm³/mol. The summed E-state index contributed by atoms with van der Waals surface area (Å²) in [5.74, 6) is -1.40. The number of allylic oxidation sites excluding steroid dienone is 2. The number of carbonyl (C=O) groups excluding carboxylic acids is 2. The van der Waals surface area contributed by atoms with Crippen LogP contribution in [0.1, 0.15) is 59.4 Å². The van der Waals surface area contributed by atoms with Crippen LogP contribution in [0.5, 0.6) is 0 Å². The first-order valence-electron chi connectivity index (χ1n) is 12.4. The number of aliphatic hydroxyl groups is 3. The van der Waals surface area contributed by atoms with Crippen LogP contribution in [0.15, 0.2) is 66.3 Å². The van der Waals surface area contributed by atoms with E-state index in [1.54, 1.807) is 44.2 Å². The molecule has 2 rings (SSSR count). The molecule has 198 valence electrons. The number of benzene rings is 1. The summed E-state index contributed by atoms with van der Waals surface area (Å²) in [4.78, 5) is 24.2. The second kappa shape index (κ2) is 13.0. The summed E-state index contributed by atoms with van der Waals surface area (Å²) in [6.07, 6.45) is 6.50. The molecule has 7 heteroatoms. The molecule has 0 fully saturated rings. The van der Waals surface area contributed by atoms with E-state index in [0.29, 0.717) is 6.42 Å². The molecule has 1 unspecified atom stereocenters. The first-order valence-corrected chi connectivity index (χ1v) is 12.4. The molecule has 0 saturated carbocycles. The van der Waals surface area contributed by atoms with Gasteiger partial charge in [-0.3, -0.25) is 9.59 Å². The van der Waals surface area contributed by atoms with Gasteiger partial charge in [-0.2, -0.15) is 0 Å². The van der Waals surface area contributed by atoms with Crippen molar-refractivity contribution in [3.63, 3.8) is 0 Å². The first kappa shape index (κ1) is 29.5. The minimum atomic E-state index is -1.42. The van der Waals surface area contributed by atoms with Crippen molar-refractivity contribution >= 4 is 11.9 Å². The van der Waals surface area contributed by atoms with E-state index in [1.165, 1.54) is 6.92 Å². The Kier molecular flexibility index (Phi) is 10.6. The van der Waals surface area contributed by atoms with Gasteiger partial charge in [-0.15, -0.1) is 0 Å². The lowest BCUT2D eigenvalue weighted by atomic mass is 9.88. The van der Waals surface area contributed by atoms with Gasteiger partial charge in [-0.1, -0.05) is 61.6 Å². The molecule has 6 atom stereocenters. The highest BCUT2D eigenvalue weighted by molar-refractivity contribution is 5.70. The molecule has 3 N–H and O–H groups in total. The number of carbonyl (C=O) groups is 2. The van der Waals surface area contributed by atoms with Crippen molar-refractivity contribution in [2.75, 3.05) is 0 Å². The highest BCUT2D eigenvalue weighted by atomic mass is 16.6. The number of aliphatic hydroxyl groups excluding tert-OH is 1. The fraction of sp³-hybridized carbons (Fsp3) is 0.517. The Bertz CT molecular complexity index is 959. The largest absolute Gasteiger partial charge is 0.457 e. The maximum atomic E-state index is 12.6. The van der Waals surface area contributed by atoms with Crippen molar-refractivity contribution in [1.29, 1.82) is 0 Å². The lowest BCUT2D eigenvalue weighted by Crippen LogP contribution is -2.42. The van der Waals surface area contributed by atoms with E-state index in [2.05, 4.69) is 0 Å². The van der Waals surface area contributed by atoms with E-state index in [9.17, 15) is 24.9 Å². The number of hydrogen-bond acceptors (Lipinski definition) is 7. The van der Waals surface area contributed by atoms with Crippen LogP contribution in [0.2, 0.25) is 0 Å². The maximum absolute atomic E-state index is 12.6. The Hall–Kier alpha value is -2.74. The standard InChI is InChI=1S/C29H40O7/c1-20(10-9-16-28(4,33)19-23-11-7-6-8-12-23)27-21(2)13-14-25(35-22(3)30)29(5,34)17-15-24(31)18-26(32)36-27/h6-14,16,21,24-25,27,31,33-34H,15,17-19H2,1-5H3/b14-13+,16-9+,20-10+/t21-,24+,25-,27+,28?,29+/m0/s1. The van der Waals surface area contributed by atoms with Crippen LogP contribution in [0.3, 0.4) is 0 Å². The zero-order chi connectivity index (χ0) is 26.9. The Morgan fingerprint density at radius 2 is 1.92 bits per heavy atom. The SMILES string of the molecule is CC(=O)O[C@H]1/C=C/[C@H](C)[C@@H](/C(C)=C/C=C/C(C)(O)Cc2ccccc2)OC(=O)C[C@H](O)CC[C@@]1(C)O. The highest BCUT2D eigenvalue weighted by Crippen LogP contribution is 2.27. The van der Waals surface area contributed by atoms with Crippen molar-refractivity contribution in [1.82, 2.24) is 0 Å². The number of cyclic esters (lactones) is 1. The Morgan fingerprint density at radius 3 is 2.56 bits per heavy atom. The summed E-state index contributed by atoms with van der Waals surface area (Å²) in [5.41, 5.74) is -0.745. The topological polar surface area (TPSA) is 113 Å². The van der Waals surface area contributed by atoms with Gasteiger partial charge in [0.05, 0.1) is 18.1 Å². The van der Waals surface area contributed by atoms with Gasteiger partial charge in [0, 0.05) is 19.3 Å². The van der Waals surface area contributed by atoms with Gasteiger partial charge in [0.25, 0.3) is 0 Å². The van der Waals surface area contributed by atoms with Crippen LogP contribution >= 0.6 is 0 Å². The summed E-state index contributed by atoms with van der Waals surface area (Å²) < 4.78 is 11.1. The third kappa shape index (κ3) is 9.72. The van der Waals surface area contributed by atoms with E-state index >= 15 is 0 Å². The van der Waals surface area contributed by atoms with Gasteiger partial charge < -0.3 is 24.8 Å². The van der Waals surface area contributed by atoms with E-state index in [4.69, 9.17) is 9.47 Å². The third-order valence-electron chi connectivity index (χ3n) is 6.29. The molecule has 0 aromatic heterocycles. The number of esters is 2. The van der Waals surface area contributed by atoms with Crippen molar-refractivity contribution in [3.8, 4) is 0 Å². The van der Waals surface area contributed by atoms with E-state index < -0.39 is 41.5 Å². The zero-order valence-electron chi connectivity index (χ0n) is 21.9. The lowest BCUT2D eigenvalue weighted by Gasteiger charge is -2.32. The van der Waals surface area contributed by atoms with Crippen molar-refractivity contribution in [2.24, 2.45) is 5.92 Å². The Morgan fingerprint density at radius 1 is 1.25 bits per heavy atom. The molecule has 0 radical (unpaired) electrons. The minimum absolute atomic E-state index is 0.133. The number of ether oxygens (including phenoxy) is 2. The molecule has 1 aliphatic heterocycles. The molecule has 1 aromatic rings. The average Bonchev–Trinajstić information content (AvgIpc) is 2.78. The minimum Gasteiger partial charge on any atom is -0.457 e. The van der Waals surface area contributed by atoms with Crippen LogP contribution in [0.25, 0.3) is 0 Å². The van der Waals surface area contributed by atoms with E-state index in [0.717, 1.165) is 11.1 Å². The van der Waals surface area contributed by atoms with Gasteiger partial charge in [0.15, 0.2) is 0 Å². The van der Waals surface area contributed by atoms with Crippen LogP contribution < -0.4 is 0 Å². The third-order valence-corrected chi connectivity index (χ3v) is 6.29. The highest BCUT2D eigenvalue weighted by Gasteiger charge is 2.35. The molecule has 7 nitrogen and oxygen atoms in total. The Labute approximate surface area is 214 Å². The van der Waals surface area contributed by atoms with Crippen LogP contribution in [-0.2, 0) is 25.5 Å². The first-order chi connectivity index (χ1) is 16.8. The zero-order valence-corrected chi connectivity index (χ0v) is 21.9. The molecule has 0 spiro atoms. The summed E-state index contributed by atoms with van der Waals surface area (Å²) in [6.45, 7) is 8.21. The molecule has 1 aliphatic rings. The Balaban J connectivity index is 2.27. The summed E-state index contributed by atoms with van der Waals surface area (Å²) in [6, 6.07) is 9.68. The molecule has 36 heavy (non-hydrogen) atoms. The van der Waals surface area contributed by atoms with Gasteiger partial charge in [0.1, 0.15) is 17.8 Å². The molecule has 0 saturated heterocycles. The van der Waals surface area contributed by atoms with Gasteiger partial charge in [0.2, 0.25) is 0 Å². The smallest absolute Gasteiger partial charge is 0.309 e. The quantitative estimate of drug-likeness (QED) is 0.309. The van der Waals surface area contributed by atoms with Crippen LogP contribution in [-0.4, -0.2) is 56.8 Å². The molecular formula is C29H40O7. The number of hydrogen-bond donors (Lipinski definition) is 3. The average molecular weight is 501 g/mol. The second-order valence-electron chi connectivity index (χ2n) is 10.2. The van der Waals surface area contributed by atoms with Gasteiger partial charge in [-0.25, -0.2) is 0 Å². The summed E-state index contributed by atoms with van der Waals surface area (Å²) >= 11 is 0. The molecule has 0 amide bonds. The molecule has 1 heterocycles. The normalized spacial score (nSPS) is 31.0.